The molecule has 0 unspecified atom stereocenters. The van der Waals surface area contributed by atoms with Gasteiger partial charge < -0.3 is 9.47 Å². The molecule has 1 fully saturated rings. The summed E-state index contributed by atoms with van der Waals surface area (Å²) < 4.78 is 39.5. The second-order valence-electron chi connectivity index (χ2n) is 9.14. The van der Waals surface area contributed by atoms with Crippen LogP contribution in [-0.2, 0) is 10.0 Å². The van der Waals surface area contributed by atoms with Gasteiger partial charge in [0.1, 0.15) is 11.5 Å². The number of benzene rings is 2. The van der Waals surface area contributed by atoms with E-state index in [-0.39, 0.29) is 9.92 Å². The summed E-state index contributed by atoms with van der Waals surface area (Å²) in [5.74, 6) is 1.46. The van der Waals surface area contributed by atoms with Gasteiger partial charge in [-0.2, -0.15) is 4.31 Å². The summed E-state index contributed by atoms with van der Waals surface area (Å²) in [4.78, 5) is 2.38. The predicted octanol–water partition coefficient (Wildman–Crippen LogP) is 6.02. The van der Waals surface area contributed by atoms with Crippen LogP contribution in [0.3, 0.4) is 0 Å². The van der Waals surface area contributed by atoms with E-state index in [1.54, 1.807) is 31.4 Å². The molecule has 0 N–H and O–H groups in total. The molecule has 1 heterocycles. The van der Waals surface area contributed by atoms with Gasteiger partial charge in [-0.15, -0.1) is 23.5 Å². The summed E-state index contributed by atoms with van der Waals surface area (Å²) in [6.45, 7) is 12.2. The second-order valence-corrected chi connectivity index (χ2v) is 15.1. The molecule has 0 atom stereocenters. The largest absolute Gasteiger partial charge is 0.493 e. The highest BCUT2D eigenvalue weighted by molar-refractivity contribution is 8.16. The van der Waals surface area contributed by atoms with Crippen molar-refractivity contribution in [1.82, 2.24) is 9.21 Å². The summed E-state index contributed by atoms with van der Waals surface area (Å²) in [7, 11) is -1.92. The van der Waals surface area contributed by atoms with Crippen LogP contribution in [0.25, 0.3) is 0 Å². The van der Waals surface area contributed by atoms with Gasteiger partial charge in [-0.25, -0.2) is 8.42 Å². The molecule has 0 aliphatic carbocycles. The first kappa shape index (κ1) is 29.5. The topological polar surface area (TPSA) is 59.1 Å². The maximum Gasteiger partial charge on any atom is 0.244 e. The molecule has 0 saturated carbocycles. The minimum Gasteiger partial charge on any atom is -0.493 e. The van der Waals surface area contributed by atoms with Gasteiger partial charge in [-0.05, 0) is 29.8 Å². The van der Waals surface area contributed by atoms with Gasteiger partial charge in [-0.1, -0.05) is 57.5 Å². The maximum atomic E-state index is 13.0. The second kappa shape index (κ2) is 13.6. The van der Waals surface area contributed by atoms with Gasteiger partial charge in [0, 0.05) is 43.2 Å². The fourth-order valence-corrected chi connectivity index (χ4v) is 9.01. The Morgan fingerprint density at radius 1 is 0.944 bits per heavy atom. The number of ether oxygens (including phenoxy) is 2. The smallest absolute Gasteiger partial charge is 0.244 e. The Balaban J connectivity index is 1.54. The molecule has 2 aromatic carbocycles. The first-order chi connectivity index (χ1) is 17.1. The average molecular weight is 573 g/mol. The standard InChI is InChI=1S/C26H37ClN2O4S3/c1-19(2)34-26(35-20(3)4)21-10-11-23(24(18-21)32-5)33-17-16-28-12-14-29(15-13-28)36(30,31)25-9-7-6-8-22(25)27/h6-11,18-20,26H,12-17H2,1-5H3. The molecule has 0 aromatic heterocycles. The third-order valence-electron chi connectivity index (χ3n) is 5.70. The summed E-state index contributed by atoms with van der Waals surface area (Å²) >= 11 is 10.0. The van der Waals surface area contributed by atoms with Crippen LogP contribution in [0.5, 0.6) is 11.5 Å². The van der Waals surface area contributed by atoms with E-state index >= 15 is 0 Å². The van der Waals surface area contributed by atoms with Gasteiger partial charge in [0.2, 0.25) is 10.0 Å². The van der Waals surface area contributed by atoms with Crippen LogP contribution < -0.4 is 9.47 Å². The summed E-state index contributed by atoms with van der Waals surface area (Å²) in [5.41, 5.74) is 1.23. The molecular formula is C26H37ClN2O4S3. The molecule has 1 aliphatic heterocycles. The third-order valence-corrected chi connectivity index (χ3v) is 10.9. The Labute approximate surface area is 230 Å². The van der Waals surface area contributed by atoms with E-state index < -0.39 is 10.0 Å². The number of methoxy groups -OCH3 is 1. The molecule has 2 aromatic rings. The van der Waals surface area contributed by atoms with Crippen LogP contribution in [0, 0.1) is 0 Å². The Kier molecular flexibility index (Phi) is 11.1. The first-order valence-electron chi connectivity index (χ1n) is 12.2. The number of rotatable bonds is 12. The van der Waals surface area contributed by atoms with Crippen LogP contribution in [0.4, 0.5) is 0 Å². The number of piperazine rings is 1. The highest BCUT2D eigenvalue weighted by Crippen LogP contribution is 2.45. The highest BCUT2D eigenvalue weighted by atomic mass is 35.5. The van der Waals surface area contributed by atoms with Gasteiger partial charge in [0.05, 0.1) is 16.7 Å². The van der Waals surface area contributed by atoms with E-state index in [2.05, 4.69) is 44.7 Å². The lowest BCUT2D eigenvalue weighted by atomic mass is 10.2. The number of hydrogen-bond acceptors (Lipinski definition) is 7. The van der Waals surface area contributed by atoms with Crippen molar-refractivity contribution in [2.45, 2.75) is 47.7 Å². The zero-order chi connectivity index (χ0) is 26.3. The fourth-order valence-electron chi connectivity index (χ4n) is 3.90. The maximum absolute atomic E-state index is 13.0. The Morgan fingerprint density at radius 3 is 2.17 bits per heavy atom. The molecular weight excluding hydrogens is 536 g/mol. The van der Waals surface area contributed by atoms with Crippen molar-refractivity contribution in [1.29, 1.82) is 0 Å². The van der Waals surface area contributed by atoms with E-state index in [4.69, 9.17) is 21.1 Å². The summed E-state index contributed by atoms with van der Waals surface area (Å²) in [6.07, 6.45) is 0. The van der Waals surface area contributed by atoms with Crippen molar-refractivity contribution in [3.05, 3.63) is 53.1 Å². The van der Waals surface area contributed by atoms with Gasteiger partial charge in [0.15, 0.2) is 11.5 Å². The SMILES string of the molecule is COc1cc(C(SC(C)C)SC(C)C)ccc1OCCN1CCN(S(=O)(=O)c2ccccc2Cl)CC1. The number of thioether (sulfide) groups is 2. The van der Waals surface area contributed by atoms with Crippen LogP contribution in [0.1, 0.15) is 37.8 Å². The average Bonchev–Trinajstić information content (AvgIpc) is 2.83. The van der Waals surface area contributed by atoms with Crippen molar-refractivity contribution >= 4 is 45.1 Å². The molecule has 200 valence electrons. The number of hydrogen-bond donors (Lipinski definition) is 0. The lowest BCUT2D eigenvalue weighted by Crippen LogP contribution is -2.49. The molecule has 0 spiro atoms. The number of sulfonamides is 1. The molecule has 0 bridgehead atoms. The predicted molar refractivity (Wildman–Crippen MR) is 153 cm³/mol. The van der Waals surface area contributed by atoms with Gasteiger partial charge in [0.25, 0.3) is 0 Å². The van der Waals surface area contributed by atoms with Crippen LogP contribution in [0.15, 0.2) is 47.4 Å². The van der Waals surface area contributed by atoms with Gasteiger partial charge >= 0.3 is 0 Å². The van der Waals surface area contributed by atoms with E-state index in [1.165, 1.54) is 9.87 Å². The Bertz CT molecular complexity index is 1080. The first-order valence-corrected chi connectivity index (χ1v) is 15.9. The van der Waals surface area contributed by atoms with E-state index in [9.17, 15) is 8.42 Å². The monoisotopic (exact) mass is 572 g/mol. The van der Waals surface area contributed by atoms with Crippen molar-refractivity contribution in [3.63, 3.8) is 0 Å². The molecule has 10 heteroatoms. The summed E-state index contributed by atoms with van der Waals surface area (Å²) in [6, 6.07) is 12.8. The fraction of sp³-hybridized carbons (Fsp3) is 0.538. The zero-order valence-corrected chi connectivity index (χ0v) is 24.9. The number of nitrogens with zero attached hydrogens (tertiary/aromatic N) is 2. The minimum absolute atomic E-state index is 0.166. The molecule has 1 aliphatic rings. The molecule has 3 rings (SSSR count). The molecule has 0 amide bonds. The highest BCUT2D eigenvalue weighted by Gasteiger charge is 2.30. The van der Waals surface area contributed by atoms with Crippen LogP contribution in [0.2, 0.25) is 5.02 Å². The normalized spacial score (nSPS) is 15.7. The Morgan fingerprint density at radius 2 is 1.58 bits per heavy atom. The molecule has 36 heavy (non-hydrogen) atoms. The molecule has 1 saturated heterocycles. The van der Waals surface area contributed by atoms with Crippen LogP contribution >= 0.6 is 35.1 Å². The Hall–Kier alpha value is -1.10. The van der Waals surface area contributed by atoms with Crippen molar-refractivity contribution < 1.29 is 17.9 Å². The quantitative estimate of drug-likeness (QED) is 0.288. The zero-order valence-electron chi connectivity index (χ0n) is 21.6. The van der Waals surface area contributed by atoms with E-state index in [0.717, 1.165) is 11.5 Å². The van der Waals surface area contributed by atoms with Crippen molar-refractivity contribution in [2.75, 3.05) is 46.4 Å². The van der Waals surface area contributed by atoms with Gasteiger partial charge in [-0.3, -0.25) is 4.90 Å². The van der Waals surface area contributed by atoms with Crippen molar-refractivity contribution in [2.24, 2.45) is 0 Å². The lowest BCUT2D eigenvalue weighted by molar-refractivity contribution is 0.157. The van der Waals surface area contributed by atoms with Crippen LogP contribution in [-0.4, -0.2) is 74.6 Å². The third kappa shape index (κ3) is 7.95. The molecule has 0 radical (unpaired) electrons. The van der Waals surface area contributed by atoms with E-state index in [1.807, 2.05) is 29.6 Å². The number of halogens is 1. The summed E-state index contributed by atoms with van der Waals surface area (Å²) in [5, 5.41) is 1.32. The molecule has 6 nitrogen and oxygen atoms in total. The van der Waals surface area contributed by atoms with Crippen molar-refractivity contribution in [3.8, 4) is 11.5 Å². The van der Waals surface area contributed by atoms with E-state index in [0.29, 0.717) is 54.4 Å². The minimum atomic E-state index is -3.59. The lowest BCUT2D eigenvalue weighted by Gasteiger charge is -2.34.